The van der Waals surface area contributed by atoms with Crippen LogP contribution in [0.5, 0.6) is 11.5 Å². The summed E-state index contributed by atoms with van der Waals surface area (Å²) in [5.41, 5.74) is 2.23. The highest BCUT2D eigenvalue weighted by atomic mass is 127. The van der Waals surface area contributed by atoms with Crippen LogP contribution in [0.25, 0.3) is 5.69 Å². The highest BCUT2D eigenvalue weighted by Gasteiger charge is 2.08. The molecule has 0 aliphatic heterocycles. The first-order valence-corrected chi connectivity index (χ1v) is 9.06. The Morgan fingerprint density at radius 3 is 2.53 bits per heavy atom. The molecule has 30 heavy (non-hydrogen) atoms. The number of imidazole rings is 1. The molecule has 0 radical (unpaired) electrons. The van der Waals surface area contributed by atoms with Gasteiger partial charge in [0.15, 0.2) is 5.96 Å². The third-order valence-electron chi connectivity index (χ3n) is 4.42. The Morgan fingerprint density at radius 1 is 1.10 bits per heavy atom. The number of rotatable bonds is 7. The SMILES string of the molecule is CN=C(NCc1ccc(-n2ccnc2)c(F)c1)NCc1ccc(OC)cc1OC.I. The van der Waals surface area contributed by atoms with E-state index in [0.717, 1.165) is 22.6 Å². The molecule has 0 amide bonds. The molecule has 0 atom stereocenters. The van der Waals surface area contributed by atoms with Gasteiger partial charge in [-0.3, -0.25) is 4.99 Å². The number of benzene rings is 2. The normalized spacial score (nSPS) is 10.9. The summed E-state index contributed by atoms with van der Waals surface area (Å²) in [6.45, 7) is 0.946. The number of ether oxygens (including phenoxy) is 2. The van der Waals surface area contributed by atoms with Crippen LogP contribution in [0.3, 0.4) is 0 Å². The van der Waals surface area contributed by atoms with Crippen molar-refractivity contribution >= 4 is 29.9 Å². The van der Waals surface area contributed by atoms with Gasteiger partial charge in [-0.05, 0) is 29.8 Å². The van der Waals surface area contributed by atoms with Crippen molar-refractivity contribution in [2.45, 2.75) is 13.1 Å². The number of hydrogen-bond acceptors (Lipinski definition) is 4. The number of aromatic nitrogens is 2. The van der Waals surface area contributed by atoms with Gasteiger partial charge in [0, 0.05) is 44.2 Å². The molecule has 160 valence electrons. The third kappa shape index (κ3) is 5.85. The van der Waals surface area contributed by atoms with E-state index in [2.05, 4.69) is 20.6 Å². The number of methoxy groups -OCH3 is 2. The molecular weight excluding hydrogens is 500 g/mol. The van der Waals surface area contributed by atoms with Crippen molar-refractivity contribution in [3.8, 4) is 17.2 Å². The van der Waals surface area contributed by atoms with Gasteiger partial charge in [-0.2, -0.15) is 0 Å². The van der Waals surface area contributed by atoms with Crippen molar-refractivity contribution in [1.82, 2.24) is 20.2 Å². The average Bonchev–Trinajstić information content (AvgIpc) is 3.28. The summed E-state index contributed by atoms with van der Waals surface area (Å²) in [4.78, 5) is 8.15. The second-order valence-electron chi connectivity index (χ2n) is 6.21. The summed E-state index contributed by atoms with van der Waals surface area (Å²) in [5, 5.41) is 6.41. The fourth-order valence-corrected chi connectivity index (χ4v) is 2.85. The van der Waals surface area contributed by atoms with Crippen LogP contribution in [0, 0.1) is 5.82 Å². The molecule has 0 saturated carbocycles. The molecule has 0 spiro atoms. The van der Waals surface area contributed by atoms with E-state index in [1.54, 1.807) is 50.6 Å². The number of nitrogens with zero attached hydrogens (tertiary/aromatic N) is 3. The molecular formula is C21H25FIN5O2. The molecule has 0 fully saturated rings. The Hall–Kier alpha value is -2.82. The van der Waals surface area contributed by atoms with Gasteiger partial charge in [0.05, 0.1) is 26.2 Å². The van der Waals surface area contributed by atoms with Crippen molar-refractivity contribution in [3.05, 3.63) is 72.1 Å². The van der Waals surface area contributed by atoms with Crippen LogP contribution in [0.2, 0.25) is 0 Å². The summed E-state index contributed by atoms with van der Waals surface area (Å²) in [6.07, 6.45) is 4.88. The minimum atomic E-state index is -0.312. The fraction of sp³-hybridized carbons (Fsp3) is 0.238. The van der Waals surface area contributed by atoms with Gasteiger partial charge in [0.2, 0.25) is 0 Å². The number of guanidine groups is 1. The van der Waals surface area contributed by atoms with Gasteiger partial charge in [-0.15, -0.1) is 24.0 Å². The van der Waals surface area contributed by atoms with Gasteiger partial charge in [-0.1, -0.05) is 6.07 Å². The minimum absolute atomic E-state index is 0. The van der Waals surface area contributed by atoms with E-state index in [1.807, 2.05) is 24.3 Å². The van der Waals surface area contributed by atoms with E-state index < -0.39 is 0 Å². The van der Waals surface area contributed by atoms with Crippen LogP contribution in [-0.4, -0.2) is 36.8 Å². The number of hydrogen-bond donors (Lipinski definition) is 2. The van der Waals surface area contributed by atoms with Crippen LogP contribution in [0.1, 0.15) is 11.1 Å². The zero-order valence-corrected chi connectivity index (χ0v) is 19.4. The summed E-state index contributed by atoms with van der Waals surface area (Å²) >= 11 is 0. The van der Waals surface area contributed by atoms with Crippen LogP contribution in [0.15, 0.2) is 60.1 Å². The van der Waals surface area contributed by atoms with Crippen molar-refractivity contribution < 1.29 is 13.9 Å². The predicted octanol–water partition coefficient (Wildman–Crippen LogP) is 3.51. The lowest BCUT2D eigenvalue weighted by Crippen LogP contribution is -2.36. The van der Waals surface area contributed by atoms with Crippen molar-refractivity contribution in [1.29, 1.82) is 0 Å². The van der Waals surface area contributed by atoms with Crippen LogP contribution in [0.4, 0.5) is 4.39 Å². The van der Waals surface area contributed by atoms with Crippen LogP contribution >= 0.6 is 24.0 Å². The quantitative estimate of drug-likeness (QED) is 0.281. The van der Waals surface area contributed by atoms with Crippen LogP contribution in [-0.2, 0) is 13.1 Å². The summed E-state index contributed by atoms with van der Waals surface area (Å²) < 4.78 is 26.6. The maximum Gasteiger partial charge on any atom is 0.191 e. The van der Waals surface area contributed by atoms with Gasteiger partial charge in [0.25, 0.3) is 0 Å². The maximum absolute atomic E-state index is 14.4. The molecule has 3 rings (SSSR count). The number of nitrogens with one attached hydrogen (secondary N) is 2. The van der Waals surface area contributed by atoms with E-state index >= 15 is 0 Å². The first-order valence-electron chi connectivity index (χ1n) is 9.06. The van der Waals surface area contributed by atoms with Gasteiger partial charge >= 0.3 is 0 Å². The number of halogens is 2. The lowest BCUT2D eigenvalue weighted by atomic mass is 10.2. The topological polar surface area (TPSA) is 72.7 Å². The molecule has 7 nitrogen and oxygen atoms in total. The first kappa shape index (κ1) is 23.5. The summed E-state index contributed by atoms with van der Waals surface area (Å²) in [7, 11) is 4.92. The fourth-order valence-electron chi connectivity index (χ4n) is 2.85. The predicted molar refractivity (Wildman–Crippen MR) is 126 cm³/mol. The van der Waals surface area contributed by atoms with Gasteiger partial charge < -0.3 is 24.7 Å². The molecule has 2 N–H and O–H groups in total. The lowest BCUT2D eigenvalue weighted by Gasteiger charge is -2.15. The zero-order valence-electron chi connectivity index (χ0n) is 17.1. The smallest absolute Gasteiger partial charge is 0.191 e. The molecule has 0 aliphatic carbocycles. The minimum Gasteiger partial charge on any atom is -0.497 e. The molecule has 0 saturated heterocycles. The maximum atomic E-state index is 14.4. The van der Waals surface area contributed by atoms with Crippen molar-refractivity contribution in [2.24, 2.45) is 4.99 Å². The zero-order chi connectivity index (χ0) is 20.6. The Morgan fingerprint density at radius 2 is 1.90 bits per heavy atom. The second-order valence-corrected chi connectivity index (χ2v) is 6.21. The molecule has 2 aromatic carbocycles. The Kier molecular flexibility index (Phi) is 8.90. The first-order chi connectivity index (χ1) is 14.1. The molecule has 3 aromatic rings. The standard InChI is InChI=1S/C21H24FN5O2.HI/c1-23-21(26-13-16-5-6-17(28-2)11-20(16)29-3)25-12-15-4-7-19(18(22)10-15)27-9-8-24-14-27;/h4-11,14H,12-13H2,1-3H3,(H2,23,25,26);1H. The van der Waals surface area contributed by atoms with E-state index in [-0.39, 0.29) is 29.8 Å². The second kappa shape index (κ2) is 11.4. The van der Waals surface area contributed by atoms with Crippen LogP contribution < -0.4 is 20.1 Å². The highest BCUT2D eigenvalue weighted by molar-refractivity contribution is 14.0. The van der Waals surface area contributed by atoms with Crippen molar-refractivity contribution in [2.75, 3.05) is 21.3 Å². The molecule has 1 aromatic heterocycles. The Labute approximate surface area is 192 Å². The molecule has 9 heteroatoms. The number of aliphatic imine (C=N–C) groups is 1. The summed E-state index contributed by atoms with van der Waals surface area (Å²) in [6, 6.07) is 10.7. The monoisotopic (exact) mass is 525 g/mol. The Balaban J connectivity index is 0.00000320. The molecule has 0 bridgehead atoms. The average molecular weight is 525 g/mol. The van der Waals surface area contributed by atoms with E-state index in [4.69, 9.17) is 9.47 Å². The van der Waals surface area contributed by atoms with Gasteiger partial charge in [0.1, 0.15) is 17.3 Å². The van der Waals surface area contributed by atoms with E-state index in [1.165, 1.54) is 6.07 Å². The van der Waals surface area contributed by atoms with Gasteiger partial charge in [-0.25, -0.2) is 9.37 Å². The van der Waals surface area contributed by atoms with E-state index in [0.29, 0.717) is 24.7 Å². The lowest BCUT2D eigenvalue weighted by molar-refractivity contribution is 0.390. The summed E-state index contributed by atoms with van der Waals surface area (Å²) in [5.74, 6) is 1.74. The molecule has 1 heterocycles. The highest BCUT2D eigenvalue weighted by Crippen LogP contribution is 2.24. The van der Waals surface area contributed by atoms with Crippen molar-refractivity contribution in [3.63, 3.8) is 0 Å². The largest absolute Gasteiger partial charge is 0.497 e. The van der Waals surface area contributed by atoms with E-state index in [9.17, 15) is 4.39 Å². The third-order valence-corrected chi connectivity index (χ3v) is 4.42. The molecule has 0 aliphatic rings. The Bertz CT molecular complexity index is 980. The molecule has 0 unspecified atom stereocenters.